The summed E-state index contributed by atoms with van der Waals surface area (Å²) < 4.78 is 46.1. The van der Waals surface area contributed by atoms with Crippen molar-refractivity contribution in [2.24, 2.45) is 5.41 Å². The summed E-state index contributed by atoms with van der Waals surface area (Å²) in [6.07, 6.45) is 2.84. The van der Waals surface area contributed by atoms with E-state index in [2.05, 4.69) is 29.0 Å². The molecule has 3 aliphatic rings. The highest BCUT2D eigenvalue weighted by atomic mass is 19.1. The zero-order valence-electron chi connectivity index (χ0n) is 21.0. The van der Waals surface area contributed by atoms with Crippen LogP contribution in [0.5, 0.6) is 0 Å². The van der Waals surface area contributed by atoms with Crippen molar-refractivity contribution >= 4 is 12.0 Å². The Balaban J connectivity index is 1.35. The predicted molar refractivity (Wildman–Crippen MR) is 129 cm³/mol. The van der Waals surface area contributed by atoms with Crippen molar-refractivity contribution in [3.05, 3.63) is 59.1 Å². The lowest BCUT2D eigenvalue weighted by molar-refractivity contribution is -0.0475. The number of carbonyl (C=O) groups excluding carboxylic acids is 1. The number of hydrogen-bond donors (Lipinski definition) is 0. The zero-order chi connectivity index (χ0) is 25.9. The van der Waals surface area contributed by atoms with Gasteiger partial charge in [-0.2, -0.15) is 15.2 Å². The summed E-state index contributed by atoms with van der Waals surface area (Å²) in [5, 5.41) is 8.91. The lowest BCUT2D eigenvalue weighted by Crippen LogP contribution is -2.56. The molecule has 2 aliphatic carbocycles. The quantitative estimate of drug-likeness (QED) is 0.459. The van der Waals surface area contributed by atoms with Crippen molar-refractivity contribution < 1.29 is 27.5 Å². The van der Waals surface area contributed by atoms with E-state index in [-0.39, 0.29) is 41.0 Å². The fraction of sp³-hybridized carbons (Fsp3) is 0.481. The molecule has 1 saturated carbocycles. The van der Waals surface area contributed by atoms with Gasteiger partial charge in [-0.05, 0) is 54.9 Å². The second-order valence-electron chi connectivity index (χ2n) is 10.5. The van der Waals surface area contributed by atoms with E-state index in [4.69, 9.17) is 13.9 Å². The summed E-state index contributed by atoms with van der Waals surface area (Å²) in [7, 11) is 0. The second kappa shape index (κ2) is 8.58. The van der Waals surface area contributed by atoms with Crippen LogP contribution in [0.2, 0.25) is 0 Å². The molecule has 8 nitrogen and oxygen atoms in total. The number of fused-ring (bicyclic) bond motifs is 5. The molecule has 2 bridgehead atoms. The van der Waals surface area contributed by atoms with Crippen LogP contribution in [0.1, 0.15) is 61.3 Å². The van der Waals surface area contributed by atoms with E-state index < -0.39 is 23.0 Å². The Morgan fingerprint density at radius 1 is 1.24 bits per heavy atom. The Labute approximate surface area is 213 Å². The monoisotopic (exact) mass is 510 g/mol. The van der Waals surface area contributed by atoms with Gasteiger partial charge in [-0.1, -0.05) is 19.9 Å². The lowest BCUT2D eigenvalue weighted by atomic mass is 9.64. The van der Waals surface area contributed by atoms with Gasteiger partial charge in [0.15, 0.2) is 5.69 Å². The summed E-state index contributed by atoms with van der Waals surface area (Å²) in [5.41, 5.74) is 1.31. The van der Waals surface area contributed by atoms with Gasteiger partial charge >= 0.3 is 5.97 Å². The molecular formula is C27H28F2N4O4. The molecule has 194 valence electrons. The Morgan fingerprint density at radius 3 is 2.78 bits per heavy atom. The molecule has 6 rings (SSSR count). The Morgan fingerprint density at radius 2 is 2.03 bits per heavy atom. The van der Waals surface area contributed by atoms with Crippen LogP contribution >= 0.6 is 0 Å². The molecule has 10 heteroatoms. The summed E-state index contributed by atoms with van der Waals surface area (Å²) >= 11 is 0. The van der Waals surface area contributed by atoms with E-state index in [1.165, 1.54) is 24.5 Å². The average Bonchev–Trinajstić information content (AvgIpc) is 3.53. The van der Waals surface area contributed by atoms with Crippen LogP contribution in [0.15, 0.2) is 34.9 Å². The number of rotatable bonds is 5. The fourth-order valence-electron chi connectivity index (χ4n) is 6.77. The number of oxazole rings is 1. The Bertz CT molecular complexity index is 1360. The molecule has 1 saturated heterocycles. The standard InChI is InChI=1S/C27H28F2N4O4/c1-4-35-24(34)20-14-37-25(30-20)33-10-11-36-21(13-33)27-9-8-16(26(27,2)3)15-12-19(31-32-23(15)27)22-17(28)6-5-7-18(22)29/h5-7,12,14,16,21H,4,8-11,13H2,1-3H3. The number of benzene rings is 1. The highest BCUT2D eigenvalue weighted by Crippen LogP contribution is 2.69. The van der Waals surface area contributed by atoms with E-state index >= 15 is 0 Å². The van der Waals surface area contributed by atoms with Gasteiger partial charge in [0.05, 0.1) is 36.3 Å². The maximum absolute atomic E-state index is 14.5. The van der Waals surface area contributed by atoms with Crippen LogP contribution in [-0.2, 0) is 14.9 Å². The van der Waals surface area contributed by atoms with Gasteiger partial charge in [0.25, 0.3) is 6.01 Å². The molecule has 1 aromatic carbocycles. The molecule has 3 atom stereocenters. The number of anilines is 1. The molecular weight excluding hydrogens is 482 g/mol. The van der Waals surface area contributed by atoms with Gasteiger partial charge in [-0.25, -0.2) is 13.6 Å². The van der Waals surface area contributed by atoms with Gasteiger partial charge in [-0.3, -0.25) is 0 Å². The highest BCUT2D eigenvalue weighted by Gasteiger charge is 2.67. The maximum Gasteiger partial charge on any atom is 0.360 e. The number of hydrogen-bond acceptors (Lipinski definition) is 8. The third-order valence-corrected chi connectivity index (χ3v) is 8.55. The molecule has 3 unspecified atom stereocenters. The third kappa shape index (κ3) is 3.41. The first-order valence-corrected chi connectivity index (χ1v) is 12.6. The van der Waals surface area contributed by atoms with Crippen molar-refractivity contribution in [3.63, 3.8) is 0 Å². The van der Waals surface area contributed by atoms with Crippen LogP contribution in [0.4, 0.5) is 14.8 Å². The van der Waals surface area contributed by atoms with E-state index in [9.17, 15) is 13.6 Å². The number of ether oxygens (including phenoxy) is 2. The molecule has 37 heavy (non-hydrogen) atoms. The second-order valence-corrected chi connectivity index (χ2v) is 10.5. The smallest absolute Gasteiger partial charge is 0.360 e. The first-order valence-electron chi connectivity index (χ1n) is 12.6. The molecule has 0 radical (unpaired) electrons. The minimum absolute atomic E-state index is 0.129. The third-order valence-electron chi connectivity index (χ3n) is 8.55. The molecule has 3 heterocycles. The molecule has 1 aliphatic heterocycles. The van der Waals surface area contributed by atoms with Crippen molar-refractivity contribution in [1.82, 2.24) is 15.2 Å². The molecule has 2 aromatic heterocycles. The van der Waals surface area contributed by atoms with E-state index in [0.717, 1.165) is 24.1 Å². The van der Waals surface area contributed by atoms with Gasteiger partial charge in [0.1, 0.15) is 17.9 Å². The first kappa shape index (κ1) is 24.0. The van der Waals surface area contributed by atoms with Crippen LogP contribution in [0, 0.1) is 17.0 Å². The van der Waals surface area contributed by atoms with Crippen LogP contribution in [0.25, 0.3) is 11.3 Å². The van der Waals surface area contributed by atoms with Gasteiger partial charge in [0.2, 0.25) is 0 Å². The summed E-state index contributed by atoms with van der Waals surface area (Å²) in [4.78, 5) is 18.4. The molecule has 3 aromatic rings. The summed E-state index contributed by atoms with van der Waals surface area (Å²) in [6.45, 7) is 7.91. The zero-order valence-corrected chi connectivity index (χ0v) is 21.0. The van der Waals surface area contributed by atoms with Crippen molar-refractivity contribution in [2.45, 2.75) is 51.0 Å². The van der Waals surface area contributed by atoms with Crippen LogP contribution < -0.4 is 4.90 Å². The molecule has 0 N–H and O–H groups in total. The number of carbonyl (C=O) groups is 1. The fourth-order valence-corrected chi connectivity index (χ4v) is 6.77. The Hall–Kier alpha value is -3.40. The van der Waals surface area contributed by atoms with Crippen molar-refractivity contribution in [1.29, 1.82) is 0 Å². The minimum Gasteiger partial charge on any atom is -0.461 e. The number of morpholine rings is 1. The van der Waals surface area contributed by atoms with E-state index in [0.29, 0.717) is 25.7 Å². The number of esters is 1. The minimum atomic E-state index is -0.661. The largest absolute Gasteiger partial charge is 0.461 e. The SMILES string of the molecule is CCOC(=O)c1coc(N2CCOC(C34CCC(c5cc(-c6c(F)cccc6F)nnc53)C4(C)C)C2)n1. The summed E-state index contributed by atoms with van der Waals surface area (Å²) in [5.74, 6) is -1.69. The number of nitrogens with zero attached hydrogens (tertiary/aromatic N) is 4. The van der Waals surface area contributed by atoms with Crippen molar-refractivity contribution in [3.8, 4) is 11.3 Å². The topological polar surface area (TPSA) is 90.6 Å². The van der Waals surface area contributed by atoms with E-state index in [1.54, 1.807) is 13.0 Å². The number of aromatic nitrogens is 3. The van der Waals surface area contributed by atoms with Crippen LogP contribution in [0.3, 0.4) is 0 Å². The summed E-state index contributed by atoms with van der Waals surface area (Å²) in [6, 6.07) is 5.94. The first-order chi connectivity index (χ1) is 17.8. The molecule has 0 amide bonds. The van der Waals surface area contributed by atoms with Gasteiger partial charge < -0.3 is 18.8 Å². The molecule has 0 spiro atoms. The predicted octanol–water partition coefficient (Wildman–Crippen LogP) is 4.65. The Kier molecular flexibility index (Phi) is 5.56. The maximum atomic E-state index is 14.5. The van der Waals surface area contributed by atoms with Crippen molar-refractivity contribution in [2.75, 3.05) is 31.2 Å². The van der Waals surface area contributed by atoms with E-state index in [1.807, 2.05) is 4.90 Å². The normalized spacial score (nSPS) is 25.8. The van der Waals surface area contributed by atoms with Crippen LogP contribution in [-0.4, -0.2) is 53.6 Å². The van der Waals surface area contributed by atoms with Gasteiger partial charge in [-0.15, -0.1) is 0 Å². The molecule has 2 fully saturated rings. The lowest BCUT2D eigenvalue weighted by Gasteiger charge is -2.47. The highest BCUT2D eigenvalue weighted by molar-refractivity contribution is 5.87. The number of halogens is 2. The van der Waals surface area contributed by atoms with Gasteiger partial charge in [0, 0.05) is 18.5 Å². The average molecular weight is 511 g/mol.